The molecule has 0 unspecified atom stereocenters. The molecular formula is C15H14F3N3O2. The van der Waals surface area contributed by atoms with E-state index in [2.05, 4.69) is 14.7 Å². The highest BCUT2D eigenvalue weighted by atomic mass is 19.4. The molecule has 8 heteroatoms. The molecule has 0 aliphatic heterocycles. The SMILES string of the molecule is C/C=C(\C=NCC)c1noc(=O)n1-c1ccccc1C(F)(F)F. The molecule has 0 aliphatic carbocycles. The third kappa shape index (κ3) is 3.41. The summed E-state index contributed by atoms with van der Waals surface area (Å²) in [6.45, 7) is 3.95. The average Bonchev–Trinajstić information content (AvgIpc) is 2.89. The van der Waals surface area contributed by atoms with Crippen molar-refractivity contribution < 1.29 is 17.7 Å². The molecule has 0 aliphatic rings. The Bertz CT molecular complexity index is 801. The lowest BCUT2D eigenvalue weighted by molar-refractivity contribution is -0.137. The van der Waals surface area contributed by atoms with E-state index in [1.54, 1.807) is 19.9 Å². The Balaban J connectivity index is 2.70. The van der Waals surface area contributed by atoms with Crippen molar-refractivity contribution in [1.82, 2.24) is 9.72 Å². The number of halogens is 3. The second-order valence-corrected chi connectivity index (χ2v) is 4.49. The van der Waals surface area contributed by atoms with Gasteiger partial charge in [-0.05, 0) is 26.0 Å². The molecule has 0 saturated carbocycles. The van der Waals surface area contributed by atoms with Crippen LogP contribution in [-0.4, -0.2) is 22.5 Å². The number of hydrogen-bond acceptors (Lipinski definition) is 4. The molecule has 5 nitrogen and oxygen atoms in total. The van der Waals surface area contributed by atoms with Crippen LogP contribution >= 0.6 is 0 Å². The highest BCUT2D eigenvalue weighted by molar-refractivity contribution is 6.08. The van der Waals surface area contributed by atoms with Crippen molar-refractivity contribution in [2.75, 3.05) is 6.54 Å². The van der Waals surface area contributed by atoms with Crippen LogP contribution in [0.1, 0.15) is 25.2 Å². The van der Waals surface area contributed by atoms with Crippen molar-refractivity contribution in [3.8, 4) is 5.69 Å². The number of para-hydroxylation sites is 1. The summed E-state index contributed by atoms with van der Waals surface area (Å²) in [6.07, 6.45) is -1.59. The first-order valence-electron chi connectivity index (χ1n) is 6.82. The molecule has 2 rings (SSSR count). The van der Waals surface area contributed by atoms with Gasteiger partial charge in [-0.15, -0.1) is 0 Å². The maximum atomic E-state index is 13.2. The predicted molar refractivity (Wildman–Crippen MR) is 79.8 cm³/mol. The molecule has 0 bridgehead atoms. The maximum absolute atomic E-state index is 13.2. The first kappa shape index (κ1) is 16.7. The highest BCUT2D eigenvalue weighted by Crippen LogP contribution is 2.33. The largest absolute Gasteiger partial charge is 0.446 e. The molecule has 1 heterocycles. The molecule has 0 spiro atoms. The summed E-state index contributed by atoms with van der Waals surface area (Å²) in [5.74, 6) is -1.03. The van der Waals surface area contributed by atoms with Gasteiger partial charge in [0, 0.05) is 18.3 Å². The van der Waals surface area contributed by atoms with E-state index in [0.717, 1.165) is 10.6 Å². The summed E-state index contributed by atoms with van der Waals surface area (Å²) in [5.41, 5.74) is -0.908. The van der Waals surface area contributed by atoms with E-state index >= 15 is 0 Å². The number of allylic oxidation sites excluding steroid dienone is 2. The summed E-state index contributed by atoms with van der Waals surface area (Å²) < 4.78 is 44.9. The van der Waals surface area contributed by atoms with Crippen molar-refractivity contribution in [2.24, 2.45) is 4.99 Å². The van der Waals surface area contributed by atoms with Crippen LogP contribution in [0.4, 0.5) is 13.2 Å². The second-order valence-electron chi connectivity index (χ2n) is 4.49. The van der Waals surface area contributed by atoms with Crippen molar-refractivity contribution in [3.05, 3.63) is 52.3 Å². The minimum absolute atomic E-state index is 0.0357. The van der Waals surface area contributed by atoms with Crippen LogP contribution in [0.25, 0.3) is 11.3 Å². The summed E-state index contributed by atoms with van der Waals surface area (Å²) in [5, 5.41) is 3.59. The van der Waals surface area contributed by atoms with Gasteiger partial charge < -0.3 is 0 Å². The number of benzene rings is 1. The Morgan fingerprint density at radius 3 is 2.70 bits per heavy atom. The van der Waals surface area contributed by atoms with E-state index in [9.17, 15) is 18.0 Å². The fourth-order valence-corrected chi connectivity index (χ4v) is 2.00. The van der Waals surface area contributed by atoms with Gasteiger partial charge in [0.15, 0.2) is 5.82 Å². The fraction of sp³-hybridized carbons (Fsp3) is 0.267. The molecule has 23 heavy (non-hydrogen) atoms. The van der Waals surface area contributed by atoms with Crippen LogP contribution in [0.5, 0.6) is 0 Å². The molecule has 122 valence electrons. The quantitative estimate of drug-likeness (QED) is 0.810. The van der Waals surface area contributed by atoms with Crippen molar-refractivity contribution in [3.63, 3.8) is 0 Å². The zero-order valence-corrected chi connectivity index (χ0v) is 12.5. The van der Waals surface area contributed by atoms with E-state index in [1.807, 2.05) is 0 Å². The first-order chi connectivity index (χ1) is 10.9. The Morgan fingerprint density at radius 2 is 2.09 bits per heavy atom. The van der Waals surface area contributed by atoms with Gasteiger partial charge >= 0.3 is 11.9 Å². The van der Waals surface area contributed by atoms with Gasteiger partial charge in [-0.3, -0.25) is 9.52 Å². The Labute approximate surface area is 129 Å². The molecule has 1 aromatic heterocycles. The smallest absolute Gasteiger partial charge is 0.295 e. The molecule has 0 fully saturated rings. The molecular weight excluding hydrogens is 311 g/mol. The Kier molecular flexibility index (Phi) is 4.83. The summed E-state index contributed by atoms with van der Waals surface area (Å²) in [4.78, 5) is 15.9. The minimum atomic E-state index is -4.61. The normalized spacial score (nSPS) is 13.0. The zero-order valence-electron chi connectivity index (χ0n) is 12.5. The van der Waals surface area contributed by atoms with E-state index < -0.39 is 17.5 Å². The number of aromatic nitrogens is 2. The fourth-order valence-electron chi connectivity index (χ4n) is 2.00. The topological polar surface area (TPSA) is 60.4 Å². The molecule has 1 aromatic carbocycles. The van der Waals surface area contributed by atoms with Crippen LogP contribution < -0.4 is 5.76 Å². The molecule has 0 N–H and O–H groups in total. The lowest BCUT2D eigenvalue weighted by Gasteiger charge is -2.13. The lowest BCUT2D eigenvalue weighted by Crippen LogP contribution is -2.19. The number of hydrogen-bond donors (Lipinski definition) is 0. The third-order valence-corrected chi connectivity index (χ3v) is 3.04. The number of alkyl halides is 3. The highest BCUT2D eigenvalue weighted by Gasteiger charge is 2.35. The van der Waals surface area contributed by atoms with Gasteiger partial charge in [0.1, 0.15) is 0 Å². The monoisotopic (exact) mass is 325 g/mol. The standard InChI is InChI=1S/C15H14F3N3O2/c1-3-10(9-19-4-2)13-20-23-14(22)21(13)12-8-6-5-7-11(12)15(16,17)18/h3,5-9H,4H2,1-2H3/b10-3+,19-9?. The molecule has 0 amide bonds. The second kappa shape index (κ2) is 6.64. The van der Waals surface area contributed by atoms with Crippen LogP contribution in [0.3, 0.4) is 0 Å². The van der Waals surface area contributed by atoms with E-state index in [0.29, 0.717) is 12.1 Å². The Hall–Kier alpha value is -2.64. The summed E-state index contributed by atoms with van der Waals surface area (Å²) in [7, 11) is 0. The van der Waals surface area contributed by atoms with Gasteiger partial charge in [-0.25, -0.2) is 9.36 Å². The minimum Gasteiger partial charge on any atom is -0.295 e. The zero-order chi connectivity index (χ0) is 17.0. The predicted octanol–water partition coefficient (Wildman–Crippen LogP) is 3.34. The summed E-state index contributed by atoms with van der Waals surface area (Å²) >= 11 is 0. The Morgan fingerprint density at radius 1 is 1.39 bits per heavy atom. The van der Waals surface area contributed by atoms with Crippen LogP contribution in [0, 0.1) is 0 Å². The van der Waals surface area contributed by atoms with Gasteiger partial charge in [0.05, 0.1) is 11.3 Å². The van der Waals surface area contributed by atoms with Crippen molar-refractivity contribution in [1.29, 1.82) is 0 Å². The molecule has 0 atom stereocenters. The van der Waals surface area contributed by atoms with Crippen LogP contribution in [-0.2, 0) is 6.18 Å². The molecule has 2 aromatic rings. The van der Waals surface area contributed by atoms with Gasteiger partial charge in [0.2, 0.25) is 0 Å². The molecule has 0 radical (unpaired) electrons. The number of aliphatic imine (C=N–C) groups is 1. The third-order valence-electron chi connectivity index (χ3n) is 3.04. The van der Waals surface area contributed by atoms with Crippen molar-refractivity contribution >= 4 is 11.8 Å². The van der Waals surface area contributed by atoms with E-state index in [-0.39, 0.29) is 11.5 Å². The van der Waals surface area contributed by atoms with Crippen LogP contribution in [0.2, 0.25) is 0 Å². The van der Waals surface area contributed by atoms with Crippen LogP contribution in [0.15, 0.2) is 44.7 Å². The van der Waals surface area contributed by atoms with Gasteiger partial charge in [0.25, 0.3) is 0 Å². The number of rotatable bonds is 4. The number of nitrogens with zero attached hydrogens (tertiary/aromatic N) is 3. The average molecular weight is 325 g/mol. The first-order valence-corrected chi connectivity index (χ1v) is 6.82. The summed E-state index contributed by atoms with van der Waals surface area (Å²) in [6, 6.07) is 4.74. The van der Waals surface area contributed by atoms with E-state index in [1.165, 1.54) is 24.4 Å². The molecule has 0 saturated heterocycles. The van der Waals surface area contributed by atoms with Gasteiger partial charge in [-0.2, -0.15) is 13.2 Å². The van der Waals surface area contributed by atoms with Gasteiger partial charge in [-0.1, -0.05) is 23.4 Å². The van der Waals surface area contributed by atoms with E-state index in [4.69, 9.17) is 0 Å². The van der Waals surface area contributed by atoms with Crippen molar-refractivity contribution in [2.45, 2.75) is 20.0 Å². The maximum Gasteiger partial charge on any atom is 0.446 e. The lowest BCUT2D eigenvalue weighted by atomic mass is 10.1.